The molecule has 4 rings (SSSR count). The minimum atomic E-state index is -0.158. The van der Waals surface area contributed by atoms with Gasteiger partial charge in [0.15, 0.2) is 5.65 Å². The van der Waals surface area contributed by atoms with Gasteiger partial charge in [-0.2, -0.15) is 0 Å². The van der Waals surface area contributed by atoms with Gasteiger partial charge in [-0.15, -0.1) is 10.2 Å². The second-order valence-corrected chi connectivity index (χ2v) is 8.52. The highest BCUT2D eigenvalue weighted by molar-refractivity contribution is 5.77. The van der Waals surface area contributed by atoms with Crippen molar-refractivity contribution in [2.45, 2.75) is 44.9 Å². The first-order valence-corrected chi connectivity index (χ1v) is 10.1. The van der Waals surface area contributed by atoms with Crippen LogP contribution in [-0.4, -0.2) is 38.5 Å². The van der Waals surface area contributed by atoms with E-state index in [9.17, 15) is 4.79 Å². The van der Waals surface area contributed by atoms with Crippen molar-refractivity contribution in [3.8, 4) is 0 Å². The quantitative estimate of drug-likeness (QED) is 0.679. The second kappa shape index (κ2) is 7.74. The lowest BCUT2D eigenvalue weighted by atomic mass is 9.81. The van der Waals surface area contributed by atoms with Crippen LogP contribution in [0.4, 0.5) is 0 Å². The maximum absolute atomic E-state index is 13.0. The number of piperidine rings is 1. The number of fused-ring (bicyclic) bond motifs is 1. The molecule has 146 valence electrons. The fraction of sp³-hybridized carbons (Fsp3) is 0.435. The van der Waals surface area contributed by atoms with Crippen LogP contribution in [0.25, 0.3) is 5.65 Å². The highest BCUT2D eigenvalue weighted by atomic mass is 16.2. The van der Waals surface area contributed by atoms with Gasteiger partial charge in [-0.05, 0) is 41.9 Å². The molecule has 28 heavy (non-hydrogen) atoms. The van der Waals surface area contributed by atoms with Crippen LogP contribution in [0.5, 0.6) is 0 Å². The first-order valence-electron chi connectivity index (χ1n) is 10.1. The van der Waals surface area contributed by atoms with E-state index < -0.39 is 0 Å². The monoisotopic (exact) mass is 376 g/mol. The minimum Gasteiger partial charge on any atom is -0.342 e. The van der Waals surface area contributed by atoms with Crippen molar-refractivity contribution >= 4 is 11.6 Å². The molecule has 0 spiro atoms. The van der Waals surface area contributed by atoms with Crippen molar-refractivity contribution in [3.63, 3.8) is 0 Å². The molecule has 1 unspecified atom stereocenters. The Balaban J connectivity index is 1.41. The molecule has 1 aromatic carbocycles. The molecule has 0 aliphatic carbocycles. The number of likely N-dealkylation sites (tertiary alicyclic amines) is 1. The molecule has 1 aliphatic rings. The molecule has 3 heterocycles. The zero-order valence-electron chi connectivity index (χ0n) is 16.7. The van der Waals surface area contributed by atoms with Crippen LogP contribution in [0, 0.1) is 5.92 Å². The van der Waals surface area contributed by atoms with E-state index in [4.69, 9.17) is 0 Å². The molecule has 0 bridgehead atoms. The van der Waals surface area contributed by atoms with Gasteiger partial charge in [0, 0.05) is 32.1 Å². The maximum atomic E-state index is 13.0. The molecule has 5 heteroatoms. The maximum Gasteiger partial charge on any atom is 0.223 e. The van der Waals surface area contributed by atoms with Crippen molar-refractivity contribution in [1.29, 1.82) is 0 Å². The molecule has 2 aromatic heterocycles. The third-order valence-corrected chi connectivity index (χ3v) is 5.88. The van der Waals surface area contributed by atoms with Crippen LogP contribution < -0.4 is 0 Å². The van der Waals surface area contributed by atoms with E-state index in [1.54, 1.807) is 0 Å². The summed E-state index contributed by atoms with van der Waals surface area (Å²) < 4.78 is 2.05. The lowest BCUT2D eigenvalue weighted by Crippen LogP contribution is -2.42. The number of aromatic nitrogens is 3. The Kier molecular flexibility index (Phi) is 5.16. The number of carbonyl (C=O) groups excluding carboxylic acids is 1. The summed E-state index contributed by atoms with van der Waals surface area (Å²) in [4.78, 5) is 15.1. The molecule has 1 saturated heterocycles. The number of benzene rings is 1. The highest BCUT2D eigenvalue weighted by Gasteiger charge is 2.30. The zero-order valence-corrected chi connectivity index (χ0v) is 16.7. The second-order valence-electron chi connectivity index (χ2n) is 8.52. The van der Waals surface area contributed by atoms with E-state index in [1.807, 2.05) is 42.6 Å². The topological polar surface area (TPSA) is 50.5 Å². The summed E-state index contributed by atoms with van der Waals surface area (Å²) in [6.45, 7) is 5.99. The molecular weight excluding hydrogens is 348 g/mol. The Bertz CT molecular complexity index is 947. The van der Waals surface area contributed by atoms with Crippen molar-refractivity contribution in [1.82, 2.24) is 19.5 Å². The number of amides is 1. The summed E-state index contributed by atoms with van der Waals surface area (Å²) in [6.07, 6.45) is 5.60. The summed E-state index contributed by atoms with van der Waals surface area (Å²) in [5.41, 5.74) is 1.94. The molecule has 0 radical (unpaired) electrons. The number of hydrogen-bond acceptors (Lipinski definition) is 3. The van der Waals surface area contributed by atoms with Gasteiger partial charge in [-0.25, -0.2) is 0 Å². The number of hydrogen-bond donors (Lipinski definition) is 0. The van der Waals surface area contributed by atoms with E-state index >= 15 is 0 Å². The summed E-state index contributed by atoms with van der Waals surface area (Å²) in [6, 6.07) is 16.3. The summed E-state index contributed by atoms with van der Waals surface area (Å²) >= 11 is 0. The summed E-state index contributed by atoms with van der Waals surface area (Å²) in [5.74, 6) is 1.68. The molecule has 0 saturated carbocycles. The lowest BCUT2D eigenvalue weighted by molar-refractivity contribution is -0.134. The normalized spacial score (nSPS) is 17.8. The zero-order chi connectivity index (χ0) is 19.6. The van der Waals surface area contributed by atoms with Gasteiger partial charge in [0.1, 0.15) is 5.82 Å². The van der Waals surface area contributed by atoms with E-state index in [-0.39, 0.29) is 11.3 Å². The first kappa shape index (κ1) is 18.7. The highest BCUT2D eigenvalue weighted by Crippen LogP contribution is 2.29. The van der Waals surface area contributed by atoms with Crippen LogP contribution >= 0.6 is 0 Å². The predicted octanol–water partition coefficient (Wildman–Crippen LogP) is 3.88. The van der Waals surface area contributed by atoms with Crippen LogP contribution in [0.2, 0.25) is 0 Å². The van der Waals surface area contributed by atoms with Crippen molar-refractivity contribution < 1.29 is 4.79 Å². The Morgan fingerprint density at radius 2 is 1.89 bits per heavy atom. The number of rotatable bonds is 5. The Morgan fingerprint density at radius 1 is 1.11 bits per heavy atom. The van der Waals surface area contributed by atoms with Crippen LogP contribution in [0.1, 0.15) is 44.5 Å². The average molecular weight is 377 g/mol. The average Bonchev–Trinajstić information content (AvgIpc) is 3.11. The van der Waals surface area contributed by atoms with Crippen molar-refractivity contribution in [2.24, 2.45) is 5.92 Å². The molecule has 5 nitrogen and oxygen atoms in total. The van der Waals surface area contributed by atoms with Crippen LogP contribution in [0.15, 0.2) is 54.7 Å². The van der Waals surface area contributed by atoms with E-state index in [2.05, 4.69) is 45.5 Å². The van der Waals surface area contributed by atoms with E-state index in [0.717, 1.165) is 43.8 Å². The van der Waals surface area contributed by atoms with Gasteiger partial charge >= 0.3 is 0 Å². The van der Waals surface area contributed by atoms with Crippen LogP contribution in [0.3, 0.4) is 0 Å². The molecule has 0 N–H and O–H groups in total. The van der Waals surface area contributed by atoms with Gasteiger partial charge < -0.3 is 4.90 Å². The Morgan fingerprint density at radius 3 is 2.71 bits per heavy atom. The van der Waals surface area contributed by atoms with Gasteiger partial charge in [0.25, 0.3) is 0 Å². The standard InChI is InChI=1S/C23H28N4O/c1-23(2,19-10-4-3-5-11-19)16-22(28)26-13-8-9-18(17-26)15-21-25-24-20-12-6-7-14-27(20)21/h3-7,10-12,14,18H,8-9,13,15-17H2,1-2H3. The van der Waals surface area contributed by atoms with Gasteiger partial charge in [0.2, 0.25) is 5.91 Å². The molecule has 1 amide bonds. The molecule has 3 aromatic rings. The Labute approximate surface area is 166 Å². The fourth-order valence-electron chi connectivity index (χ4n) is 4.23. The molecular formula is C23H28N4O. The minimum absolute atomic E-state index is 0.158. The molecule has 1 aliphatic heterocycles. The van der Waals surface area contributed by atoms with Crippen molar-refractivity contribution in [3.05, 3.63) is 66.1 Å². The largest absolute Gasteiger partial charge is 0.342 e. The third kappa shape index (κ3) is 3.93. The fourth-order valence-corrected chi connectivity index (χ4v) is 4.23. The number of carbonyl (C=O) groups is 1. The van der Waals surface area contributed by atoms with Gasteiger partial charge in [0.05, 0.1) is 0 Å². The van der Waals surface area contributed by atoms with Crippen molar-refractivity contribution in [2.75, 3.05) is 13.1 Å². The summed E-state index contributed by atoms with van der Waals surface area (Å²) in [5, 5.41) is 8.62. The molecule has 1 fully saturated rings. The smallest absolute Gasteiger partial charge is 0.223 e. The van der Waals surface area contributed by atoms with Gasteiger partial charge in [-0.1, -0.05) is 50.2 Å². The predicted molar refractivity (Wildman–Crippen MR) is 110 cm³/mol. The number of nitrogens with zero attached hydrogens (tertiary/aromatic N) is 4. The van der Waals surface area contributed by atoms with Gasteiger partial charge in [-0.3, -0.25) is 9.20 Å². The summed E-state index contributed by atoms with van der Waals surface area (Å²) in [7, 11) is 0. The lowest BCUT2D eigenvalue weighted by Gasteiger charge is -2.35. The SMILES string of the molecule is CC(C)(CC(=O)N1CCCC(Cc2nnc3ccccn23)C1)c1ccccc1. The van der Waals surface area contributed by atoms with E-state index in [0.29, 0.717) is 12.3 Å². The third-order valence-electron chi connectivity index (χ3n) is 5.88. The first-order chi connectivity index (χ1) is 13.5. The van der Waals surface area contributed by atoms with Crippen LogP contribution in [-0.2, 0) is 16.6 Å². The number of pyridine rings is 1. The molecule has 1 atom stereocenters. The Hall–Kier alpha value is -2.69. The van der Waals surface area contributed by atoms with E-state index in [1.165, 1.54) is 5.56 Å².